The van der Waals surface area contributed by atoms with Gasteiger partial charge >= 0.3 is 11.9 Å². The van der Waals surface area contributed by atoms with E-state index in [9.17, 15) is 9.59 Å². The minimum absolute atomic E-state index is 0.000278. The number of esters is 2. The lowest BCUT2D eigenvalue weighted by Crippen LogP contribution is -2.16. The van der Waals surface area contributed by atoms with E-state index in [1.54, 1.807) is 13.8 Å². The molecule has 1 heterocycles. The second kappa shape index (κ2) is 5.24. The highest BCUT2D eigenvalue weighted by atomic mass is 16.5. The van der Waals surface area contributed by atoms with Crippen LogP contribution in [0, 0.1) is 0 Å². The van der Waals surface area contributed by atoms with E-state index in [1.165, 1.54) is 11.7 Å². The van der Waals surface area contributed by atoms with E-state index in [-0.39, 0.29) is 24.6 Å². The van der Waals surface area contributed by atoms with Gasteiger partial charge in [-0.2, -0.15) is 0 Å². The molecule has 7 heteroatoms. The maximum Gasteiger partial charge on any atom is 0.361 e. The first-order valence-corrected chi connectivity index (χ1v) is 4.85. The van der Waals surface area contributed by atoms with Crippen LogP contribution in [0.5, 0.6) is 0 Å². The number of carbonyl (C=O) groups excluding carboxylic acids is 2. The molecule has 0 fully saturated rings. The lowest BCUT2D eigenvalue weighted by molar-refractivity contribution is 0.0468. The van der Waals surface area contributed by atoms with Gasteiger partial charge in [-0.3, -0.25) is 0 Å². The second-order valence-electron chi connectivity index (χ2n) is 2.85. The highest BCUT2D eigenvalue weighted by molar-refractivity contribution is 6.00. The minimum atomic E-state index is -0.682. The molecule has 0 atom stereocenters. The molecule has 0 aromatic carbocycles. The first-order chi connectivity index (χ1) is 7.61. The summed E-state index contributed by atoms with van der Waals surface area (Å²) in [4.78, 5) is 23.0. The summed E-state index contributed by atoms with van der Waals surface area (Å²) in [5.41, 5.74) is -0.122. The minimum Gasteiger partial charge on any atom is -0.461 e. The summed E-state index contributed by atoms with van der Waals surface area (Å²) in [5, 5.41) is 7.16. The Morgan fingerprint density at radius 2 is 1.75 bits per heavy atom. The maximum absolute atomic E-state index is 11.5. The first kappa shape index (κ1) is 12.2. The van der Waals surface area contributed by atoms with Crippen LogP contribution in [0.1, 0.15) is 34.8 Å². The van der Waals surface area contributed by atoms with Crippen molar-refractivity contribution in [3.05, 3.63) is 11.4 Å². The Bertz CT molecular complexity index is 399. The van der Waals surface area contributed by atoms with Crippen molar-refractivity contribution < 1.29 is 19.1 Å². The number of ether oxygens (including phenoxy) is 2. The number of aromatic nitrogens is 3. The van der Waals surface area contributed by atoms with Crippen LogP contribution in [-0.4, -0.2) is 40.1 Å². The molecule has 0 aliphatic rings. The van der Waals surface area contributed by atoms with E-state index >= 15 is 0 Å². The molecular formula is C9H13N3O4. The topological polar surface area (TPSA) is 83.3 Å². The second-order valence-corrected chi connectivity index (χ2v) is 2.85. The van der Waals surface area contributed by atoms with Gasteiger partial charge in [0.05, 0.1) is 13.2 Å². The summed E-state index contributed by atoms with van der Waals surface area (Å²) in [6.45, 7) is 3.76. The summed E-state index contributed by atoms with van der Waals surface area (Å²) >= 11 is 0. The van der Waals surface area contributed by atoms with Crippen molar-refractivity contribution in [1.82, 2.24) is 15.0 Å². The van der Waals surface area contributed by atoms with Gasteiger partial charge in [-0.15, -0.1) is 5.10 Å². The molecule has 0 amide bonds. The number of nitrogens with zero attached hydrogens (tertiary/aromatic N) is 3. The average molecular weight is 227 g/mol. The molecule has 1 aromatic rings. The molecule has 7 nitrogen and oxygen atoms in total. The van der Waals surface area contributed by atoms with Crippen LogP contribution in [0.4, 0.5) is 0 Å². The normalized spacial score (nSPS) is 9.94. The summed E-state index contributed by atoms with van der Waals surface area (Å²) in [5.74, 6) is -1.32. The molecule has 0 spiro atoms. The van der Waals surface area contributed by atoms with Crippen molar-refractivity contribution in [2.75, 3.05) is 13.2 Å². The van der Waals surface area contributed by atoms with Gasteiger partial charge in [0.2, 0.25) is 5.69 Å². The van der Waals surface area contributed by atoms with E-state index in [1.807, 2.05) is 0 Å². The number of carbonyl (C=O) groups is 2. The quantitative estimate of drug-likeness (QED) is 0.682. The third-order valence-corrected chi connectivity index (χ3v) is 1.76. The summed E-state index contributed by atoms with van der Waals surface area (Å²) in [6, 6.07) is 0. The molecule has 1 aromatic heterocycles. The van der Waals surface area contributed by atoms with Crippen molar-refractivity contribution in [3.63, 3.8) is 0 Å². The molecule has 0 saturated heterocycles. The Kier molecular flexibility index (Phi) is 3.98. The Morgan fingerprint density at radius 1 is 1.19 bits per heavy atom. The van der Waals surface area contributed by atoms with Crippen LogP contribution in [0.15, 0.2) is 0 Å². The Hall–Kier alpha value is -1.92. The van der Waals surface area contributed by atoms with Crippen molar-refractivity contribution in [2.24, 2.45) is 7.05 Å². The Morgan fingerprint density at radius 3 is 2.31 bits per heavy atom. The summed E-state index contributed by atoms with van der Waals surface area (Å²) < 4.78 is 10.7. The molecule has 1 rings (SSSR count). The highest BCUT2D eigenvalue weighted by Crippen LogP contribution is 2.07. The van der Waals surface area contributed by atoms with Crippen LogP contribution >= 0.6 is 0 Å². The fourth-order valence-corrected chi connectivity index (χ4v) is 1.12. The van der Waals surface area contributed by atoms with Crippen molar-refractivity contribution in [1.29, 1.82) is 0 Å². The first-order valence-electron chi connectivity index (χ1n) is 4.85. The number of hydrogen-bond donors (Lipinski definition) is 0. The van der Waals surface area contributed by atoms with E-state index < -0.39 is 11.9 Å². The molecule has 0 radical (unpaired) electrons. The predicted octanol–water partition coefficient (Wildman–Crippen LogP) is 0.168. The lowest BCUT2D eigenvalue weighted by Gasteiger charge is -2.03. The fraction of sp³-hybridized carbons (Fsp3) is 0.556. The zero-order valence-electron chi connectivity index (χ0n) is 9.39. The van der Waals surface area contributed by atoms with Gasteiger partial charge in [0, 0.05) is 7.05 Å². The average Bonchev–Trinajstić information content (AvgIpc) is 2.61. The predicted molar refractivity (Wildman–Crippen MR) is 52.9 cm³/mol. The number of rotatable bonds is 4. The van der Waals surface area contributed by atoms with Crippen molar-refractivity contribution in [3.8, 4) is 0 Å². The number of hydrogen-bond acceptors (Lipinski definition) is 6. The largest absolute Gasteiger partial charge is 0.461 e. The fourth-order valence-electron chi connectivity index (χ4n) is 1.12. The van der Waals surface area contributed by atoms with E-state index in [2.05, 4.69) is 10.3 Å². The van der Waals surface area contributed by atoms with Crippen LogP contribution in [-0.2, 0) is 16.5 Å². The van der Waals surface area contributed by atoms with E-state index in [4.69, 9.17) is 9.47 Å². The van der Waals surface area contributed by atoms with Gasteiger partial charge in [0.1, 0.15) is 0 Å². The maximum atomic E-state index is 11.5. The SMILES string of the molecule is CCOC(=O)c1nnn(C)c1C(=O)OCC. The molecule has 0 unspecified atom stereocenters. The van der Waals surface area contributed by atoms with Crippen LogP contribution in [0.25, 0.3) is 0 Å². The Balaban J connectivity index is 3.02. The third kappa shape index (κ3) is 2.36. The molecule has 0 aliphatic heterocycles. The monoisotopic (exact) mass is 227 g/mol. The Labute approximate surface area is 92.3 Å². The zero-order valence-corrected chi connectivity index (χ0v) is 9.39. The third-order valence-electron chi connectivity index (χ3n) is 1.76. The molecule has 88 valence electrons. The van der Waals surface area contributed by atoms with Gasteiger partial charge in [0.15, 0.2) is 5.69 Å². The number of aryl methyl sites for hydroxylation is 1. The molecule has 0 bridgehead atoms. The van der Waals surface area contributed by atoms with Crippen LogP contribution in [0.2, 0.25) is 0 Å². The van der Waals surface area contributed by atoms with Crippen LogP contribution in [0.3, 0.4) is 0 Å². The van der Waals surface area contributed by atoms with Gasteiger partial charge in [-0.05, 0) is 13.8 Å². The summed E-state index contributed by atoms with van der Waals surface area (Å²) in [7, 11) is 1.50. The van der Waals surface area contributed by atoms with E-state index in [0.717, 1.165) is 0 Å². The molecule has 0 saturated carbocycles. The van der Waals surface area contributed by atoms with Gasteiger partial charge in [-0.25, -0.2) is 14.3 Å². The molecule has 0 N–H and O–H groups in total. The van der Waals surface area contributed by atoms with Crippen LogP contribution < -0.4 is 0 Å². The molecule has 0 aliphatic carbocycles. The summed E-state index contributed by atoms with van der Waals surface area (Å²) in [6.07, 6.45) is 0. The standard InChI is InChI=1S/C9H13N3O4/c1-4-15-8(13)6-7(9(14)16-5-2)12(3)11-10-6/h4-5H2,1-3H3. The smallest absolute Gasteiger partial charge is 0.361 e. The van der Waals surface area contributed by atoms with Gasteiger partial charge < -0.3 is 9.47 Å². The van der Waals surface area contributed by atoms with Crippen molar-refractivity contribution >= 4 is 11.9 Å². The van der Waals surface area contributed by atoms with Crippen molar-refractivity contribution in [2.45, 2.75) is 13.8 Å². The van der Waals surface area contributed by atoms with Gasteiger partial charge in [0.25, 0.3) is 0 Å². The van der Waals surface area contributed by atoms with E-state index in [0.29, 0.717) is 0 Å². The highest BCUT2D eigenvalue weighted by Gasteiger charge is 2.25. The lowest BCUT2D eigenvalue weighted by atomic mass is 10.3. The zero-order chi connectivity index (χ0) is 12.1. The molecule has 16 heavy (non-hydrogen) atoms. The van der Waals surface area contributed by atoms with Gasteiger partial charge in [-0.1, -0.05) is 5.21 Å². The molecular weight excluding hydrogens is 214 g/mol.